The highest BCUT2D eigenvalue weighted by Gasteiger charge is 2.16. The Morgan fingerprint density at radius 2 is 2.43 bits per heavy atom. The Balaban J connectivity index is 1.93. The normalized spacial score (nSPS) is 21.9. The molecular weight excluding hydrogens is 88.1 g/mol. The SMILES string of the molecule is CCOC1C[CH]C1. The predicted octanol–water partition coefficient (Wildman–Crippen LogP) is 1.39. The zero-order valence-corrected chi connectivity index (χ0v) is 4.68. The second kappa shape index (κ2) is 2.31. The summed E-state index contributed by atoms with van der Waals surface area (Å²) in [5.74, 6) is 0. The Bertz CT molecular complexity index is 48.1. The summed E-state index contributed by atoms with van der Waals surface area (Å²) in [5, 5.41) is 0. The van der Waals surface area contributed by atoms with Crippen molar-refractivity contribution < 1.29 is 4.74 Å². The second-order valence-corrected chi connectivity index (χ2v) is 1.84. The molecule has 7 heavy (non-hydrogen) atoms. The topological polar surface area (TPSA) is 9.23 Å². The quantitative estimate of drug-likeness (QED) is 0.508. The van der Waals surface area contributed by atoms with Gasteiger partial charge in [-0.2, -0.15) is 0 Å². The molecule has 0 amide bonds. The van der Waals surface area contributed by atoms with Crippen LogP contribution < -0.4 is 0 Å². The fraction of sp³-hybridized carbons (Fsp3) is 0.833. The van der Waals surface area contributed by atoms with Crippen LogP contribution in [-0.2, 0) is 4.74 Å². The molecule has 1 radical (unpaired) electrons. The first kappa shape index (κ1) is 5.10. The number of rotatable bonds is 2. The van der Waals surface area contributed by atoms with Crippen LogP contribution in [0, 0.1) is 6.42 Å². The van der Waals surface area contributed by atoms with Crippen molar-refractivity contribution in [2.75, 3.05) is 6.61 Å². The van der Waals surface area contributed by atoms with E-state index in [4.69, 9.17) is 4.74 Å². The highest BCUT2D eigenvalue weighted by Crippen LogP contribution is 2.19. The first-order valence-electron chi connectivity index (χ1n) is 2.86. The van der Waals surface area contributed by atoms with E-state index < -0.39 is 0 Å². The molecule has 0 spiro atoms. The molecule has 0 unspecified atom stereocenters. The maximum Gasteiger partial charge on any atom is 0.0580 e. The number of hydrogen-bond acceptors (Lipinski definition) is 1. The Labute approximate surface area is 44.7 Å². The third-order valence-corrected chi connectivity index (χ3v) is 1.26. The first-order valence-corrected chi connectivity index (χ1v) is 2.86. The average molecular weight is 99.2 g/mol. The van der Waals surface area contributed by atoms with Crippen molar-refractivity contribution in [3.05, 3.63) is 6.42 Å². The Hall–Kier alpha value is -0.0400. The molecule has 1 aliphatic carbocycles. The summed E-state index contributed by atoms with van der Waals surface area (Å²) in [6.45, 7) is 2.91. The standard InChI is InChI=1S/C6H11O/c1-2-7-6-4-3-5-6/h3,6H,2,4-5H2,1H3. The van der Waals surface area contributed by atoms with E-state index in [1.165, 1.54) is 12.8 Å². The summed E-state index contributed by atoms with van der Waals surface area (Å²) >= 11 is 0. The molecule has 0 heterocycles. The fourth-order valence-electron chi connectivity index (χ4n) is 0.675. The van der Waals surface area contributed by atoms with E-state index in [2.05, 4.69) is 6.42 Å². The maximum absolute atomic E-state index is 5.25. The van der Waals surface area contributed by atoms with Gasteiger partial charge in [-0.15, -0.1) is 0 Å². The highest BCUT2D eigenvalue weighted by molar-refractivity contribution is 4.85. The van der Waals surface area contributed by atoms with Crippen LogP contribution in [0.5, 0.6) is 0 Å². The van der Waals surface area contributed by atoms with E-state index in [1.807, 2.05) is 6.92 Å². The highest BCUT2D eigenvalue weighted by atomic mass is 16.5. The van der Waals surface area contributed by atoms with Gasteiger partial charge in [-0.05, 0) is 26.2 Å². The van der Waals surface area contributed by atoms with Crippen LogP contribution in [-0.4, -0.2) is 12.7 Å². The summed E-state index contributed by atoms with van der Waals surface area (Å²) < 4.78 is 5.25. The largest absolute Gasteiger partial charge is 0.378 e. The van der Waals surface area contributed by atoms with E-state index in [0.29, 0.717) is 6.10 Å². The van der Waals surface area contributed by atoms with Crippen LogP contribution in [0.25, 0.3) is 0 Å². The van der Waals surface area contributed by atoms with Crippen LogP contribution in [0.1, 0.15) is 19.8 Å². The molecule has 0 N–H and O–H groups in total. The Kier molecular flexibility index (Phi) is 1.69. The molecule has 0 aromatic carbocycles. The third-order valence-electron chi connectivity index (χ3n) is 1.26. The molecular formula is C6H11O. The molecule has 1 aliphatic rings. The average Bonchev–Trinajstić information content (AvgIpc) is 1.55. The molecule has 1 nitrogen and oxygen atoms in total. The van der Waals surface area contributed by atoms with Crippen molar-refractivity contribution in [3.63, 3.8) is 0 Å². The van der Waals surface area contributed by atoms with E-state index >= 15 is 0 Å². The predicted molar refractivity (Wildman–Crippen MR) is 28.9 cm³/mol. The molecule has 1 fully saturated rings. The van der Waals surface area contributed by atoms with Gasteiger partial charge in [0.2, 0.25) is 0 Å². The van der Waals surface area contributed by atoms with Gasteiger partial charge in [0.05, 0.1) is 6.10 Å². The second-order valence-electron chi connectivity index (χ2n) is 1.84. The third kappa shape index (κ3) is 1.16. The summed E-state index contributed by atoms with van der Waals surface area (Å²) in [4.78, 5) is 0. The van der Waals surface area contributed by atoms with E-state index in [-0.39, 0.29) is 0 Å². The lowest BCUT2D eigenvalue weighted by Gasteiger charge is -2.24. The van der Waals surface area contributed by atoms with E-state index in [0.717, 1.165) is 6.61 Å². The molecule has 1 saturated carbocycles. The molecule has 0 atom stereocenters. The molecule has 41 valence electrons. The monoisotopic (exact) mass is 99.1 g/mol. The van der Waals surface area contributed by atoms with Gasteiger partial charge >= 0.3 is 0 Å². The lowest BCUT2D eigenvalue weighted by Crippen LogP contribution is -2.21. The van der Waals surface area contributed by atoms with Gasteiger partial charge in [-0.3, -0.25) is 0 Å². The first-order chi connectivity index (χ1) is 3.43. The van der Waals surface area contributed by atoms with Gasteiger partial charge in [0.1, 0.15) is 0 Å². The van der Waals surface area contributed by atoms with E-state index in [1.54, 1.807) is 0 Å². The van der Waals surface area contributed by atoms with E-state index in [9.17, 15) is 0 Å². The summed E-state index contributed by atoms with van der Waals surface area (Å²) in [7, 11) is 0. The van der Waals surface area contributed by atoms with Crippen molar-refractivity contribution in [1.82, 2.24) is 0 Å². The smallest absolute Gasteiger partial charge is 0.0580 e. The summed E-state index contributed by atoms with van der Waals surface area (Å²) in [5.41, 5.74) is 0. The van der Waals surface area contributed by atoms with Gasteiger partial charge < -0.3 is 4.74 Å². The zero-order chi connectivity index (χ0) is 5.11. The van der Waals surface area contributed by atoms with Gasteiger partial charge in [0.15, 0.2) is 0 Å². The van der Waals surface area contributed by atoms with Crippen LogP contribution in [0.15, 0.2) is 0 Å². The zero-order valence-electron chi connectivity index (χ0n) is 4.68. The summed E-state index contributed by atoms with van der Waals surface area (Å²) in [6, 6.07) is 0. The minimum absolute atomic E-state index is 0.574. The Morgan fingerprint density at radius 3 is 2.57 bits per heavy atom. The Morgan fingerprint density at radius 1 is 1.71 bits per heavy atom. The number of ether oxygens (including phenoxy) is 1. The van der Waals surface area contributed by atoms with Crippen LogP contribution in [0.4, 0.5) is 0 Å². The molecule has 0 aromatic rings. The number of hydrogen-bond donors (Lipinski definition) is 0. The van der Waals surface area contributed by atoms with Gasteiger partial charge in [0, 0.05) is 6.61 Å². The molecule has 1 rings (SSSR count). The van der Waals surface area contributed by atoms with Gasteiger partial charge in [0.25, 0.3) is 0 Å². The molecule has 0 aliphatic heterocycles. The van der Waals surface area contributed by atoms with Crippen LogP contribution >= 0.6 is 0 Å². The molecule has 0 bridgehead atoms. The minimum atomic E-state index is 0.574. The van der Waals surface area contributed by atoms with Gasteiger partial charge in [-0.25, -0.2) is 0 Å². The van der Waals surface area contributed by atoms with Crippen molar-refractivity contribution >= 4 is 0 Å². The van der Waals surface area contributed by atoms with Crippen molar-refractivity contribution in [3.8, 4) is 0 Å². The van der Waals surface area contributed by atoms with Crippen molar-refractivity contribution in [2.24, 2.45) is 0 Å². The van der Waals surface area contributed by atoms with Crippen LogP contribution in [0.3, 0.4) is 0 Å². The minimum Gasteiger partial charge on any atom is -0.378 e. The van der Waals surface area contributed by atoms with Crippen molar-refractivity contribution in [2.45, 2.75) is 25.9 Å². The summed E-state index contributed by atoms with van der Waals surface area (Å²) in [6.07, 6.45) is 5.17. The lowest BCUT2D eigenvalue weighted by molar-refractivity contribution is 0.0345. The molecule has 0 saturated heterocycles. The maximum atomic E-state index is 5.25. The van der Waals surface area contributed by atoms with Crippen LogP contribution in [0.2, 0.25) is 0 Å². The lowest BCUT2D eigenvalue weighted by atomic mass is 9.96. The van der Waals surface area contributed by atoms with Crippen molar-refractivity contribution in [1.29, 1.82) is 0 Å². The van der Waals surface area contributed by atoms with Gasteiger partial charge in [-0.1, -0.05) is 0 Å². The fourth-order valence-corrected chi connectivity index (χ4v) is 0.675. The molecule has 0 aromatic heterocycles. The molecule has 1 heteroatoms.